The van der Waals surface area contributed by atoms with Crippen molar-refractivity contribution in [2.24, 2.45) is 0 Å². The molecule has 0 bridgehead atoms. The number of carbonyl (C=O) groups excluding carboxylic acids is 1. The first-order valence-corrected chi connectivity index (χ1v) is 9.10. The van der Waals surface area contributed by atoms with Gasteiger partial charge >= 0.3 is 0 Å². The first kappa shape index (κ1) is 15.0. The summed E-state index contributed by atoms with van der Waals surface area (Å²) in [6.45, 7) is 1.82. The van der Waals surface area contributed by atoms with E-state index in [0.29, 0.717) is 6.42 Å². The van der Waals surface area contributed by atoms with Crippen LogP contribution in [0.2, 0.25) is 0 Å². The molecule has 1 aliphatic rings. The summed E-state index contributed by atoms with van der Waals surface area (Å²) in [5.74, 6) is 0.134. The van der Waals surface area contributed by atoms with Crippen molar-refractivity contribution >= 4 is 26.8 Å². The van der Waals surface area contributed by atoms with Crippen molar-refractivity contribution in [2.75, 3.05) is 18.6 Å². The van der Waals surface area contributed by atoms with E-state index in [2.05, 4.69) is 4.98 Å². The number of fused-ring (bicyclic) bond motifs is 1. The van der Waals surface area contributed by atoms with Gasteiger partial charge in [-0.3, -0.25) is 4.79 Å². The molecule has 118 valence electrons. The van der Waals surface area contributed by atoms with E-state index in [4.69, 9.17) is 0 Å². The van der Waals surface area contributed by atoms with Crippen LogP contribution in [0.1, 0.15) is 19.4 Å². The van der Waals surface area contributed by atoms with Gasteiger partial charge in [0.15, 0.2) is 9.84 Å². The second-order valence-electron chi connectivity index (χ2n) is 5.82. The van der Waals surface area contributed by atoms with Crippen LogP contribution in [-0.2, 0) is 14.6 Å². The molecular weight excluding hydrogens is 302 g/mol. The van der Waals surface area contributed by atoms with E-state index in [9.17, 15) is 13.2 Å². The smallest absolute Gasteiger partial charge is 0.245 e. The van der Waals surface area contributed by atoms with Crippen LogP contribution in [0.15, 0.2) is 30.6 Å². The minimum atomic E-state index is -3.00. The number of likely N-dealkylation sites (N-methyl/N-ethyl adjacent to an activating group) is 1. The minimum absolute atomic E-state index is 0.0621. The second kappa shape index (κ2) is 5.39. The van der Waals surface area contributed by atoms with Crippen LogP contribution in [0, 0.1) is 0 Å². The zero-order chi connectivity index (χ0) is 15.9. The molecule has 22 heavy (non-hydrogen) atoms. The number of rotatable bonds is 3. The summed E-state index contributed by atoms with van der Waals surface area (Å²) in [5, 5.41) is 0. The molecular formula is C15H19N3O3S. The largest absolute Gasteiger partial charge is 0.340 e. The molecule has 1 amide bonds. The van der Waals surface area contributed by atoms with E-state index < -0.39 is 15.9 Å². The quantitative estimate of drug-likeness (QED) is 0.853. The lowest BCUT2D eigenvalue weighted by molar-refractivity contribution is -0.134. The number of para-hydroxylation sites is 2. The highest BCUT2D eigenvalue weighted by Crippen LogP contribution is 2.22. The molecule has 3 rings (SSSR count). The van der Waals surface area contributed by atoms with Crippen LogP contribution in [0.5, 0.6) is 0 Å². The Labute approximate surface area is 129 Å². The summed E-state index contributed by atoms with van der Waals surface area (Å²) in [4.78, 5) is 18.5. The first-order chi connectivity index (χ1) is 10.4. The van der Waals surface area contributed by atoms with Gasteiger partial charge in [0, 0.05) is 13.1 Å². The highest BCUT2D eigenvalue weighted by molar-refractivity contribution is 7.91. The Balaban J connectivity index is 1.82. The summed E-state index contributed by atoms with van der Waals surface area (Å²) in [6.07, 6.45) is 2.18. The van der Waals surface area contributed by atoms with Crippen LogP contribution >= 0.6 is 0 Å². The maximum atomic E-state index is 12.7. The third-order valence-electron chi connectivity index (χ3n) is 4.36. The number of nitrogens with zero attached hydrogens (tertiary/aromatic N) is 3. The topological polar surface area (TPSA) is 72.3 Å². The van der Waals surface area contributed by atoms with Crippen molar-refractivity contribution in [1.29, 1.82) is 0 Å². The van der Waals surface area contributed by atoms with Gasteiger partial charge in [-0.1, -0.05) is 12.1 Å². The van der Waals surface area contributed by atoms with Gasteiger partial charge in [0.05, 0.1) is 28.9 Å². The van der Waals surface area contributed by atoms with Crippen LogP contribution in [0.25, 0.3) is 11.0 Å². The van der Waals surface area contributed by atoms with Gasteiger partial charge in [-0.2, -0.15) is 0 Å². The molecule has 6 nitrogen and oxygen atoms in total. The summed E-state index contributed by atoms with van der Waals surface area (Å²) < 4.78 is 25.0. The Hall–Kier alpha value is -1.89. The predicted molar refractivity (Wildman–Crippen MR) is 84.3 cm³/mol. The van der Waals surface area contributed by atoms with E-state index in [0.717, 1.165) is 11.0 Å². The third kappa shape index (κ3) is 2.61. The molecule has 0 radical (unpaired) electrons. The van der Waals surface area contributed by atoms with Crippen molar-refractivity contribution < 1.29 is 13.2 Å². The molecule has 1 aromatic carbocycles. The van der Waals surface area contributed by atoms with E-state index in [1.54, 1.807) is 18.3 Å². The Kier molecular flexibility index (Phi) is 3.68. The number of amides is 1. The zero-order valence-corrected chi connectivity index (χ0v) is 13.5. The standard InChI is InChI=1S/C15H19N3O3S/c1-11(18-10-16-13-5-3-4-6-14(13)18)15(19)17(2)12-7-8-22(20,21)9-12/h3-6,10-12H,7-9H2,1-2H3. The third-order valence-corrected chi connectivity index (χ3v) is 6.11. The monoisotopic (exact) mass is 321 g/mol. The van der Waals surface area contributed by atoms with Crippen LogP contribution in [-0.4, -0.2) is 53.4 Å². The zero-order valence-electron chi connectivity index (χ0n) is 12.6. The lowest BCUT2D eigenvalue weighted by Gasteiger charge is -2.27. The molecule has 1 saturated heterocycles. The van der Waals surface area contributed by atoms with Gasteiger partial charge in [-0.05, 0) is 25.5 Å². The number of aromatic nitrogens is 2. The Morgan fingerprint density at radius 1 is 1.41 bits per heavy atom. The maximum Gasteiger partial charge on any atom is 0.245 e. The van der Waals surface area contributed by atoms with Crippen molar-refractivity contribution in [1.82, 2.24) is 14.5 Å². The normalized spacial score (nSPS) is 21.8. The summed E-state index contributed by atoms with van der Waals surface area (Å²) >= 11 is 0. The minimum Gasteiger partial charge on any atom is -0.340 e. The van der Waals surface area contributed by atoms with E-state index in [1.165, 1.54) is 0 Å². The van der Waals surface area contributed by atoms with Gasteiger partial charge in [-0.25, -0.2) is 13.4 Å². The van der Waals surface area contributed by atoms with Crippen LogP contribution < -0.4 is 0 Å². The Bertz CT molecular complexity index is 812. The molecule has 2 aromatic rings. The Morgan fingerprint density at radius 2 is 2.14 bits per heavy atom. The lowest BCUT2D eigenvalue weighted by Crippen LogP contribution is -2.41. The number of hydrogen-bond donors (Lipinski definition) is 0. The van der Waals surface area contributed by atoms with Gasteiger partial charge in [0.25, 0.3) is 0 Å². The maximum absolute atomic E-state index is 12.7. The van der Waals surface area contributed by atoms with Gasteiger partial charge in [0.1, 0.15) is 6.04 Å². The van der Waals surface area contributed by atoms with Gasteiger partial charge < -0.3 is 9.47 Å². The SMILES string of the molecule is CC(C(=O)N(C)C1CCS(=O)(=O)C1)n1cnc2ccccc21. The fourth-order valence-corrected chi connectivity index (χ4v) is 4.74. The van der Waals surface area contributed by atoms with E-state index >= 15 is 0 Å². The summed E-state index contributed by atoms with van der Waals surface area (Å²) in [5.41, 5.74) is 1.74. The molecule has 2 heterocycles. The van der Waals surface area contributed by atoms with Gasteiger partial charge in [0.2, 0.25) is 5.91 Å². The molecule has 1 aromatic heterocycles. The van der Waals surface area contributed by atoms with E-state index in [1.807, 2.05) is 35.8 Å². The van der Waals surface area contributed by atoms with E-state index in [-0.39, 0.29) is 23.5 Å². The Morgan fingerprint density at radius 3 is 2.82 bits per heavy atom. The molecule has 1 fully saturated rings. The lowest BCUT2D eigenvalue weighted by atomic mass is 10.2. The number of imidazole rings is 1. The number of hydrogen-bond acceptors (Lipinski definition) is 4. The molecule has 2 unspecified atom stereocenters. The first-order valence-electron chi connectivity index (χ1n) is 7.28. The molecule has 0 saturated carbocycles. The predicted octanol–water partition coefficient (Wildman–Crippen LogP) is 1.24. The second-order valence-corrected chi connectivity index (χ2v) is 8.05. The summed E-state index contributed by atoms with van der Waals surface area (Å²) in [6, 6.07) is 6.99. The van der Waals surface area contributed by atoms with Crippen LogP contribution in [0.3, 0.4) is 0 Å². The highest BCUT2D eigenvalue weighted by atomic mass is 32.2. The molecule has 7 heteroatoms. The van der Waals surface area contributed by atoms with Crippen molar-refractivity contribution in [3.05, 3.63) is 30.6 Å². The molecule has 0 N–H and O–H groups in total. The molecule has 0 spiro atoms. The molecule has 1 aliphatic heterocycles. The van der Waals surface area contributed by atoms with Crippen molar-refractivity contribution in [3.63, 3.8) is 0 Å². The average Bonchev–Trinajstić information content (AvgIpc) is 3.08. The van der Waals surface area contributed by atoms with Crippen LogP contribution in [0.4, 0.5) is 0 Å². The number of carbonyl (C=O) groups is 1. The average molecular weight is 321 g/mol. The molecule has 0 aliphatic carbocycles. The highest BCUT2D eigenvalue weighted by Gasteiger charge is 2.34. The number of sulfone groups is 1. The fraction of sp³-hybridized carbons (Fsp3) is 0.467. The number of benzene rings is 1. The fourth-order valence-electron chi connectivity index (χ4n) is 2.96. The summed E-state index contributed by atoms with van der Waals surface area (Å²) in [7, 11) is -1.32. The van der Waals surface area contributed by atoms with Gasteiger partial charge in [-0.15, -0.1) is 0 Å². The van der Waals surface area contributed by atoms with Crippen molar-refractivity contribution in [2.45, 2.75) is 25.4 Å². The van der Waals surface area contributed by atoms with Crippen molar-refractivity contribution in [3.8, 4) is 0 Å². The molecule has 2 atom stereocenters.